The molecule has 1 aliphatic heterocycles. The predicted octanol–water partition coefficient (Wildman–Crippen LogP) is 5.18. The van der Waals surface area contributed by atoms with Gasteiger partial charge in [0.25, 0.3) is 5.91 Å². The highest BCUT2D eigenvalue weighted by Crippen LogP contribution is 2.24. The van der Waals surface area contributed by atoms with E-state index in [0.29, 0.717) is 23.6 Å². The molecule has 0 aliphatic carbocycles. The molecule has 0 radical (unpaired) electrons. The van der Waals surface area contributed by atoms with Crippen LogP contribution in [0.3, 0.4) is 0 Å². The Morgan fingerprint density at radius 2 is 1.77 bits per heavy atom. The van der Waals surface area contributed by atoms with Crippen LogP contribution in [0, 0.1) is 0 Å². The molecule has 1 saturated heterocycles. The Morgan fingerprint density at radius 1 is 0.968 bits per heavy atom. The number of nitrogens with one attached hydrogen (secondary N) is 1. The molecule has 6 nitrogen and oxygen atoms in total. The van der Waals surface area contributed by atoms with Gasteiger partial charge in [-0.25, -0.2) is 0 Å². The Hall–Kier alpha value is -3.41. The van der Waals surface area contributed by atoms with Crippen molar-refractivity contribution in [1.29, 1.82) is 0 Å². The molecule has 4 rings (SSSR count). The summed E-state index contributed by atoms with van der Waals surface area (Å²) in [6.07, 6.45) is 4.99. The summed E-state index contributed by atoms with van der Waals surface area (Å²) in [4.78, 5) is 15.1. The van der Waals surface area contributed by atoms with Crippen LogP contribution in [0.4, 0.5) is 11.5 Å². The average molecular weight is 417 g/mol. The Morgan fingerprint density at radius 3 is 2.52 bits per heavy atom. The Balaban J connectivity index is 1.49. The van der Waals surface area contributed by atoms with Crippen molar-refractivity contribution in [3.8, 4) is 17.0 Å². The lowest BCUT2D eigenvalue weighted by Crippen LogP contribution is -2.25. The molecule has 0 saturated carbocycles. The fraction of sp³-hybridized carbons (Fsp3) is 0.320. The number of carbonyl (C=O) groups excluding carboxylic acids is 1. The van der Waals surface area contributed by atoms with Crippen LogP contribution in [0.25, 0.3) is 11.3 Å². The summed E-state index contributed by atoms with van der Waals surface area (Å²) in [5, 5.41) is 11.9. The number of hydrogen-bond acceptors (Lipinski definition) is 5. The molecule has 160 valence electrons. The lowest BCUT2D eigenvalue weighted by Gasteiger charge is -2.20. The molecule has 0 atom stereocenters. The third-order valence-electron chi connectivity index (χ3n) is 5.43. The van der Waals surface area contributed by atoms with Gasteiger partial charge >= 0.3 is 0 Å². The van der Waals surface area contributed by atoms with Crippen molar-refractivity contribution in [2.45, 2.75) is 32.6 Å². The van der Waals surface area contributed by atoms with E-state index in [1.807, 2.05) is 55.5 Å². The SMILES string of the molecule is CCOc1ccccc1C(=O)Nc1cccc(-c2ccc(N3CCCCCC3)nn2)c1. The minimum Gasteiger partial charge on any atom is -0.493 e. The van der Waals surface area contributed by atoms with E-state index in [9.17, 15) is 4.79 Å². The largest absolute Gasteiger partial charge is 0.493 e. The van der Waals surface area contributed by atoms with E-state index < -0.39 is 0 Å². The van der Waals surface area contributed by atoms with Crippen molar-refractivity contribution >= 4 is 17.4 Å². The minimum absolute atomic E-state index is 0.205. The number of carbonyl (C=O) groups is 1. The first-order valence-electron chi connectivity index (χ1n) is 11.0. The van der Waals surface area contributed by atoms with Gasteiger partial charge < -0.3 is 15.0 Å². The van der Waals surface area contributed by atoms with E-state index in [4.69, 9.17) is 4.74 Å². The standard InChI is InChI=1S/C25H28N4O2/c1-2-31-23-13-6-5-12-21(23)25(30)26-20-11-9-10-19(18-20)22-14-15-24(28-27-22)29-16-7-3-4-8-17-29/h5-6,9-15,18H,2-4,7-8,16-17H2,1H3,(H,26,30). The summed E-state index contributed by atoms with van der Waals surface area (Å²) >= 11 is 0. The quantitative estimate of drug-likeness (QED) is 0.600. The number of hydrogen-bond donors (Lipinski definition) is 1. The number of para-hydroxylation sites is 1. The molecule has 1 amide bonds. The highest BCUT2D eigenvalue weighted by molar-refractivity contribution is 6.06. The summed E-state index contributed by atoms with van der Waals surface area (Å²) in [6, 6.07) is 18.9. The van der Waals surface area contributed by atoms with Crippen molar-refractivity contribution < 1.29 is 9.53 Å². The van der Waals surface area contributed by atoms with Crippen molar-refractivity contribution in [2.75, 3.05) is 29.9 Å². The van der Waals surface area contributed by atoms with Crippen LogP contribution in [0.5, 0.6) is 5.75 Å². The second-order valence-corrected chi connectivity index (χ2v) is 7.64. The number of amides is 1. The molecule has 1 N–H and O–H groups in total. The summed E-state index contributed by atoms with van der Waals surface area (Å²) in [5.41, 5.74) is 2.90. The molecule has 0 bridgehead atoms. The normalized spacial score (nSPS) is 14.0. The summed E-state index contributed by atoms with van der Waals surface area (Å²) in [7, 11) is 0. The van der Waals surface area contributed by atoms with Gasteiger partial charge in [-0.3, -0.25) is 4.79 Å². The van der Waals surface area contributed by atoms with Crippen LogP contribution in [0.1, 0.15) is 43.0 Å². The topological polar surface area (TPSA) is 67.3 Å². The molecule has 3 aromatic rings. The Labute approximate surface area is 183 Å². The van der Waals surface area contributed by atoms with E-state index in [1.54, 1.807) is 12.1 Å². The lowest BCUT2D eigenvalue weighted by molar-refractivity contribution is 0.102. The van der Waals surface area contributed by atoms with Gasteiger partial charge in [-0.05, 0) is 56.2 Å². The molecule has 1 aromatic heterocycles. The number of ether oxygens (including phenoxy) is 1. The molecule has 0 unspecified atom stereocenters. The Bertz CT molecular complexity index is 1010. The first-order valence-corrected chi connectivity index (χ1v) is 11.0. The first kappa shape index (κ1) is 20.8. The highest BCUT2D eigenvalue weighted by atomic mass is 16.5. The van der Waals surface area contributed by atoms with Gasteiger partial charge in [0, 0.05) is 24.3 Å². The number of aromatic nitrogens is 2. The molecule has 6 heteroatoms. The van der Waals surface area contributed by atoms with E-state index in [2.05, 4.69) is 20.4 Å². The van der Waals surface area contributed by atoms with E-state index in [-0.39, 0.29) is 5.91 Å². The fourth-order valence-electron chi connectivity index (χ4n) is 3.84. The molecule has 1 fully saturated rings. The maximum absolute atomic E-state index is 12.8. The van der Waals surface area contributed by atoms with Crippen LogP contribution < -0.4 is 15.0 Å². The number of anilines is 2. The summed E-state index contributed by atoms with van der Waals surface area (Å²) in [6.45, 7) is 4.49. The van der Waals surface area contributed by atoms with Gasteiger partial charge in [0.15, 0.2) is 5.82 Å². The fourth-order valence-corrected chi connectivity index (χ4v) is 3.84. The Kier molecular flexibility index (Phi) is 6.77. The molecule has 0 spiro atoms. The maximum atomic E-state index is 12.8. The van der Waals surface area contributed by atoms with Crippen LogP contribution in [-0.4, -0.2) is 35.8 Å². The van der Waals surface area contributed by atoms with Gasteiger partial charge in [0.1, 0.15) is 5.75 Å². The summed E-state index contributed by atoms with van der Waals surface area (Å²) < 4.78 is 5.57. The molecular weight excluding hydrogens is 388 g/mol. The van der Waals surface area contributed by atoms with Crippen molar-refractivity contribution in [1.82, 2.24) is 10.2 Å². The number of nitrogens with zero attached hydrogens (tertiary/aromatic N) is 3. The van der Waals surface area contributed by atoms with Crippen LogP contribution in [-0.2, 0) is 0 Å². The smallest absolute Gasteiger partial charge is 0.259 e. The summed E-state index contributed by atoms with van der Waals surface area (Å²) in [5.74, 6) is 1.31. The van der Waals surface area contributed by atoms with Gasteiger partial charge in [-0.1, -0.05) is 37.1 Å². The zero-order valence-corrected chi connectivity index (χ0v) is 17.9. The second kappa shape index (κ2) is 10.1. The average Bonchev–Trinajstić information content (AvgIpc) is 3.10. The second-order valence-electron chi connectivity index (χ2n) is 7.64. The van der Waals surface area contributed by atoms with Crippen molar-refractivity contribution in [3.05, 3.63) is 66.2 Å². The predicted molar refractivity (Wildman–Crippen MR) is 124 cm³/mol. The minimum atomic E-state index is -0.205. The molecule has 2 aromatic carbocycles. The monoisotopic (exact) mass is 416 g/mol. The van der Waals surface area contributed by atoms with Gasteiger partial charge in [-0.15, -0.1) is 10.2 Å². The van der Waals surface area contributed by atoms with Crippen LogP contribution in [0.2, 0.25) is 0 Å². The number of benzene rings is 2. The van der Waals surface area contributed by atoms with E-state index >= 15 is 0 Å². The van der Waals surface area contributed by atoms with Crippen molar-refractivity contribution in [3.63, 3.8) is 0 Å². The number of rotatable bonds is 6. The molecular formula is C25H28N4O2. The van der Waals surface area contributed by atoms with Gasteiger partial charge in [0.2, 0.25) is 0 Å². The molecule has 2 heterocycles. The highest BCUT2D eigenvalue weighted by Gasteiger charge is 2.14. The van der Waals surface area contributed by atoms with Crippen molar-refractivity contribution in [2.24, 2.45) is 0 Å². The molecule has 1 aliphatic rings. The lowest BCUT2D eigenvalue weighted by atomic mass is 10.1. The van der Waals surface area contributed by atoms with Crippen LogP contribution in [0.15, 0.2) is 60.7 Å². The van der Waals surface area contributed by atoms with Gasteiger partial charge in [-0.2, -0.15) is 0 Å². The van der Waals surface area contributed by atoms with E-state index in [0.717, 1.165) is 30.2 Å². The molecule has 31 heavy (non-hydrogen) atoms. The third kappa shape index (κ3) is 5.20. The first-order chi connectivity index (χ1) is 15.2. The van der Waals surface area contributed by atoms with Crippen LogP contribution >= 0.6 is 0 Å². The van der Waals surface area contributed by atoms with Gasteiger partial charge in [0.05, 0.1) is 17.9 Å². The maximum Gasteiger partial charge on any atom is 0.259 e. The third-order valence-corrected chi connectivity index (χ3v) is 5.43. The zero-order chi connectivity index (χ0) is 21.5. The zero-order valence-electron chi connectivity index (χ0n) is 17.9. The van der Waals surface area contributed by atoms with E-state index in [1.165, 1.54) is 25.7 Å².